The molecule has 1 fully saturated rings. The van der Waals surface area contributed by atoms with Crippen LogP contribution in [0.1, 0.15) is 23.0 Å². The second-order valence-corrected chi connectivity index (χ2v) is 6.41. The minimum atomic E-state index is -0.691. The first kappa shape index (κ1) is 17.6. The number of morpholine rings is 1. The summed E-state index contributed by atoms with van der Waals surface area (Å²) in [5.74, 6) is -0.212. The van der Waals surface area contributed by atoms with Gasteiger partial charge in [-0.15, -0.1) is 0 Å². The maximum Gasteiger partial charge on any atom is 0.288 e. The fourth-order valence-corrected chi connectivity index (χ4v) is 3.17. The zero-order chi connectivity index (χ0) is 17.7. The first-order chi connectivity index (χ1) is 12.1. The summed E-state index contributed by atoms with van der Waals surface area (Å²) in [6.07, 6.45) is 2.58. The molecule has 1 aromatic heterocycles. The lowest BCUT2D eigenvalue weighted by atomic mass is 9.94. The summed E-state index contributed by atoms with van der Waals surface area (Å²) < 4.78 is 10.7. The third kappa shape index (κ3) is 3.89. The molecule has 0 radical (unpaired) electrons. The lowest BCUT2D eigenvalue weighted by Gasteiger charge is -2.49. The van der Waals surface area contributed by atoms with E-state index in [9.17, 15) is 9.90 Å². The molecule has 0 aliphatic carbocycles. The standard InChI is InChI=1S/C18H23N3O4/c1-14-9-24-12-18(11-22,10-20-17(23)16-7-19-13-25-16)21(14)8-15-5-3-2-4-6-15/h2-7,13-14,22H,8-12H2,1H3,(H,20,23)/t14-,18+/m1/s1. The number of nitrogens with one attached hydrogen (secondary N) is 1. The van der Waals surface area contributed by atoms with Crippen LogP contribution in [0.25, 0.3) is 0 Å². The molecule has 1 saturated heterocycles. The van der Waals surface area contributed by atoms with Crippen LogP contribution >= 0.6 is 0 Å². The van der Waals surface area contributed by atoms with Crippen LogP contribution < -0.4 is 5.32 Å². The van der Waals surface area contributed by atoms with E-state index < -0.39 is 5.54 Å². The minimum absolute atomic E-state index is 0.114. The molecule has 134 valence electrons. The van der Waals surface area contributed by atoms with Crippen LogP contribution in [-0.2, 0) is 11.3 Å². The van der Waals surface area contributed by atoms with Gasteiger partial charge in [0.15, 0.2) is 6.39 Å². The van der Waals surface area contributed by atoms with Gasteiger partial charge >= 0.3 is 0 Å². The quantitative estimate of drug-likeness (QED) is 0.814. The van der Waals surface area contributed by atoms with Crippen LogP contribution in [0.15, 0.2) is 47.3 Å². The molecule has 1 amide bonds. The third-order valence-corrected chi connectivity index (χ3v) is 4.60. The van der Waals surface area contributed by atoms with E-state index >= 15 is 0 Å². The average molecular weight is 345 g/mol. The minimum Gasteiger partial charge on any atom is -0.438 e. The summed E-state index contributed by atoms with van der Waals surface area (Å²) in [5, 5.41) is 13.0. The number of aliphatic hydroxyl groups is 1. The van der Waals surface area contributed by atoms with Gasteiger partial charge in [-0.3, -0.25) is 9.69 Å². The van der Waals surface area contributed by atoms with Gasteiger partial charge in [0.05, 0.1) is 31.6 Å². The molecule has 7 heteroatoms. The Labute approximate surface area is 146 Å². The first-order valence-electron chi connectivity index (χ1n) is 8.30. The molecule has 25 heavy (non-hydrogen) atoms. The zero-order valence-corrected chi connectivity index (χ0v) is 14.2. The van der Waals surface area contributed by atoms with Crippen LogP contribution in [0.4, 0.5) is 0 Å². The maximum atomic E-state index is 12.2. The van der Waals surface area contributed by atoms with Crippen molar-refractivity contribution in [1.29, 1.82) is 0 Å². The van der Waals surface area contributed by atoms with E-state index in [0.29, 0.717) is 19.8 Å². The Bertz CT molecular complexity index is 677. The molecule has 0 saturated carbocycles. The van der Waals surface area contributed by atoms with Gasteiger partial charge in [0, 0.05) is 19.1 Å². The number of benzene rings is 1. The highest BCUT2D eigenvalue weighted by atomic mass is 16.5. The van der Waals surface area contributed by atoms with Crippen LogP contribution in [0.2, 0.25) is 0 Å². The Hall–Kier alpha value is -2.22. The largest absolute Gasteiger partial charge is 0.438 e. The molecule has 1 aromatic carbocycles. The normalized spacial score (nSPS) is 24.2. The Morgan fingerprint density at radius 1 is 1.44 bits per heavy atom. The van der Waals surface area contributed by atoms with Crippen molar-refractivity contribution in [2.24, 2.45) is 0 Å². The summed E-state index contributed by atoms with van der Waals surface area (Å²) in [5.41, 5.74) is 0.457. The second-order valence-electron chi connectivity index (χ2n) is 6.41. The number of amides is 1. The molecule has 2 atom stereocenters. The van der Waals surface area contributed by atoms with Gasteiger partial charge < -0.3 is 19.6 Å². The number of rotatable bonds is 6. The Morgan fingerprint density at radius 3 is 2.92 bits per heavy atom. The van der Waals surface area contributed by atoms with E-state index in [2.05, 4.69) is 34.3 Å². The Kier molecular flexibility index (Phi) is 5.47. The molecule has 2 N–H and O–H groups in total. The predicted molar refractivity (Wildman–Crippen MR) is 90.9 cm³/mol. The van der Waals surface area contributed by atoms with E-state index in [1.807, 2.05) is 18.2 Å². The van der Waals surface area contributed by atoms with Crippen LogP contribution in [0.5, 0.6) is 0 Å². The third-order valence-electron chi connectivity index (χ3n) is 4.60. The summed E-state index contributed by atoms with van der Waals surface area (Å²) in [4.78, 5) is 18.1. The highest BCUT2D eigenvalue weighted by Crippen LogP contribution is 2.26. The molecule has 2 aromatic rings. The van der Waals surface area contributed by atoms with Gasteiger partial charge in [-0.1, -0.05) is 30.3 Å². The predicted octanol–water partition coefficient (Wildman–Crippen LogP) is 1.06. The lowest BCUT2D eigenvalue weighted by Crippen LogP contribution is -2.66. The molecule has 3 rings (SSSR count). The van der Waals surface area contributed by atoms with E-state index in [4.69, 9.17) is 9.15 Å². The number of hydrogen-bond donors (Lipinski definition) is 2. The number of carbonyl (C=O) groups excluding carboxylic acids is 1. The molecule has 2 heterocycles. The van der Waals surface area contributed by atoms with Gasteiger partial charge in [-0.2, -0.15) is 0 Å². The van der Waals surface area contributed by atoms with Crippen LogP contribution in [-0.4, -0.2) is 58.8 Å². The van der Waals surface area contributed by atoms with Gasteiger partial charge in [0.1, 0.15) is 0 Å². The summed E-state index contributed by atoms with van der Waals surface area (Å²) in [6, 6.07) is 10.2. The van der Waals surface area contributed by atoms with Gasteiger partial charge in [0.2, 0.25) is 5.76 Å². The van der Waals surface area contributed by atoms with Crippen molar-refractivity contribution in [3.8, 4) is 0 Å². The van der Waals surface area contributed by atoms with Gasteiger partial charge in [0.25, 0.3) is 5.91 Å². The topological polar surface area (TPSA) is 87.8 Å². The Balaban J connectivity index is 1.76. The second kappa shape index (κ2) is 7.77. The summed E-state index contributed by atoms with van der Waals surface area (Å²) in [7, 11) is 0. The Morgan fingerprint density at radius 2 is 2.24 bits per heavy atom. The first-order valence-corrected chi connectivity index (χ1v) is 8.30. The number of oxazole rings is 1. The fraction of sp³-hybridized carbons (Fsp3) is 0.444. The number of hydrogen-bond acceptors (Lipinski definition) is 6. The molecule has 0 unspecified atom stereocenters. The van der Waals surface area contributed by atoms with Gasteiger partial charge in [-0.05, 0) is 12.5 Å². The van der Waals surface area contributed by atoms with Crippen molar-refractivity contribution in [3.63, 3.8) is 0 Å². The zero-order valence-electron chi connectivity index (χ0n) is 14.2. The van der Waals surface area contributed by atoms with Crippen molar-refractivity contribution >= 4 is 5.91 Å². The van der Waals surface area contributed by atoms with Crippen molar-refractivity contribution < 1.29 is 19.1 Å². The number of carbonyl (C=O) groups is 1. The maximum absolute atomic E-state index is 12.2. The smallest absolute Gasteiger partial charge is 0.288 e. The summed E-state index contributed by atoms with van der Waals surface area (Å²) >= 11 is 0. The lowest BCUT2D eigenvalue weighted by molar-refractivity contribution is -0.121. The van der Waals surface area contributed by atoms with Crippen molar-refractivity contribution in [2.45, 2.75) is 25.0 Å². The number of nitrogens with zero attached hydrogens (tertiary/aromatic N) is 2. The molecule has 1 aliphatic rings. The van der Waals surface area contributed by atoms with E-state index in [1.54, 1.807) is 0 Å². The molecule has 0 spiro atoms. The molecule has 1 aliphatic heterocycles. The molecule has 7 nitrogen and oxygen atoms in total. The number of aliphatic hydroxyl groups excluding tert-OH is 1. The fourth-order valence-electron chi connectivity index (χ4n) is 3.17. The van der Waals surface area contributed by atoms with E-state index in [-0.39, 0.29) is 30.9 Å². The number of ether oxygens (including phenoxy) is 1. The van der Waals surface area contributed by atoms with Crippen molar-refractivity contribution in [3.05, 3.63) is 54.2 Å². The van der Waals surface area contributed by atoms with Crippen LogP contribution in [0.3, 0.4) is 0 Å². The summed E-state index contributed by atoms with van der Waals surface area (Å²) in [6.45, 7) is 3.79. The number of aromatic nitrogens is 1. The van der Waals surface area contributed by atoms with E-state index in [0.717, 1.165) is 5.56 Å². The monoisotopic (exact) mass is 345 g/mol. The SMILES string of the molecule is C[C@@H]1COC[C@@](CO)(CNC(=O)c2cnco2)N1Cc1ccccc1. The average Bonchev–Trinajstić information content (AvgIpc) is 3.18. The van der Waals surface area contributed by atoms with Gasteiger partial charge in [-0.25, -0.2) is 4.98 Å². The van der Waals surface area contributed by atoms with Crippen LogP contribution in [0, 0.1) is 0 Å². The molecular weight excluding hydrogens is 322 g/mol. The van der Waals surface area contributed by atoms with E-state index in [1.165, 1.54) is 12.6 Å². The highest BCUT2D eigenvalue weighted by Gasteiger charge is 2.43. The molecule has 0 bridgehead atoms. The molecular formula is C18H23N3O4. The highest BCUT2D eigenvalue weighted by molar-refractivity contribution is 5.91. The van der Waals surface area contributed by atoms with Crippen molar-refractivity contribution in [2.75, 3.05) is 26.4 Å². The van der Waals surface area contributed by atoms with Crippen molar-refractivity contribution in [1.82, 2.24) is 15.2 Å².